The second-order valence-corrected chi connectivity index (χ2v) is 18.8. The summed E-state index contributed by atoms with van der Waals surface area (Å²) >= 11 is 14.4. The highest BCUT2D eigenvalue weighted by atomic mass is 32.2. The lowest BCUT2D eigenvalue weighted by Crippen LogP contribution is -2.00. The Labute approximate surface area is 358 Å². The molecule has 0 aliphatic rings. The minimum Gasteiger partial charge on any atom is -0.256 e. The van der Waals surface area contributed by atoms with Crippen LogP contribution >= 0.6 is 94.1 Å². The van der Waals surface area contributed by atoms with Crippen LogP contribution in [-0.4, -0.2) is 95.0 Å². The quantitative estimate of drug-likeness (QED) is 0.0940. The van der Waals surface area contributed by atoms with Gasteiger partial charge in [-0.25, -0.2) is 9.97 Å². The lowest BCUT2D eigenvalue weighted by Gasteiger charge is -2.08. The number of aryl methyl sites for hydroxylation is 4. The fourth-order valence-electron chi connectivity index (χ4n) is 4.97. The molecule has 0 N–H and O–H groups in total. The minimum absolute atomic E-state index is 0.937. The summed E-state index contributed by atoms with van der Waals surface area (Å²) in [5, 5.41) is 16.7. The van der Waals surface area contributed by atoms with Crippen molar-refractivity contribution in [1.82, 2.24) is 44.9 Å². The molecule has 0 spiro atoms. The summed E-state index contributed by atoms with van der Waals surface area (Å²) < 4.78 is 1.86. The van der Waals surface area contributed by atoms with Crippen molar-refractivity contribution in [3.8, 4) is 0 Å². The van der Waals surface area contributed by atoms with Gasteiger partial charge in [-0.1, -0.05) is 11.3 Å². The van der Waals surface area contributed by atoms with Crippen molar-refractivity contribution < 1.29 is 0 Å². The number of nitrogens with zero attached hydrogens (tertiary/aromatic N) is 9. The monoisotopic (exact) mass is 883 g/mol. The van der Waals surface area contributed by atoms with Gasteiger partial charge < -0.3 is 0 Å². The first-order chi connectivity index (χ1) is 26.1. The molecule has 5 aromatic rings. The summed E-state index contributed by atoms with van der Waals surface area (Å²) in [4.78, 5) is 15.7. The maximum atomic E-state index is 4.75. The van der Waals surface area contributed by atoms with Crippen LogP contribution in [0.15, 0.2) is 30.3 Å². The Morgan fingerprint density at radius 3 is 1.39 bits per heavy atom. The van der Waals surface area contributed by atoms with Gasteiger partial charge >= 0.3 is 0 Å². The van der Waals surface area contributed by atoms with Crippen LogP contribution in [0.3, 0.4) is 0 Å². The predicted octanol–water partition coefficient (Wildman–Crippen LogP) is 9.86. The summed E-state index contributed by atoms with van der Waals surface area (Å²) in [7, 11) is 3.82. The molecule has 0 aliphatic carbocycles. The fourth-order valence-corrected chi connectivity index (χ4v) is 8.99. The zero-order valence-corrected chi connectivity index (χ0v) is 40.4. The molecule has 0 fully saturated rings. The molecular weight excluding hydrogens is 827 g/mol. The molecule has 0 saturated heterocycles. The van der Waals surface area contributed by atoms with Crippen molar-refractivity contribution >= 4 is 105 Å². The van der Waals surface area contributed by atoms with Crippen molar-refractivity contribution in [2.24, 2.45) is 14.1 Å². The van der Waals surface area contributed by atoms with E-state index in [1.54, 1.807) is 75.4 Å². The largest absolute Gasteiger partial charge is 0.256 e. The maximum Gasteiger partial charge on any atom is 0.0966 e. The predicted molar refractivity (Wildman–Crippen MR) is 253 cm³/mol. The smallest absolute Gasteiger partial charge is 0.0966 e. The summed E-state index contributed by atoms with van der Waals surface area (Å²) in [5.74, 6) is 7.79. The van der Waals surface area contributed by atoms with E-state index >= 15 is 0 Å². The van der Waals surface area contributed by atoms with Crippen molar-refractivity contribution in [1.29, 1.82) is 0 Å². The molecule has 5 rings (SSSR count). The SMILES string of the molecule is CSCc1cc(C)cc(CSC)n1.CSCc1nc2ccc(C)cc2nc1CSC.CSCc1nn(C)nc1CSC.CSCc1nnn(C)c1CSC. The summed E-state index contributed by atoms with van der Waals surface area (Å²) in [6, 6.07) is 10.6. The van der Waals surface area contributed by atoms with Gasteiger partial charge in [-0.05, 0) is 99.3 Å². The Hall–Kier alpha value is -1.21. The standard InChI is InChI=1S/C13H16N2S2.C10H15NS2.2C7H13N3S2/c1-9-4-5-10-11(6-9)15-13(8-17-3)12(14-10)7-16-2;1-8-4-9(6-12-2)11-10(5-8)7-13-3;1-10-7(5-12-3)6(4-11-2)8-9-10;1-10-8-6(4-11-2)7(9-10)5-12-3/h4-6H,7-8H2,1-3H3;4-5H,6-7H2,1-3H3;2*4-5H2,1-3H3. The molecule has 0 bridgehead atoms. The third-order valence-corrected chi connectivity index (χ3v) is 11.8. The minimum atomic E-state index is 0.937. The highest BCUT2D eigenvalue weighted by molar-refractivity contribution is 7.99. The van der Waals surface area contributed by atoms with Gasteiger partial charge in [-0.3, -0.25) is 9.67 Å². The van der Waals surface area contributed by atoms with Crippen LogP contribution in [0.4, 0.5) is 0 Å². The van der Waals surface area contributed by atoms with E-state index in [9.17, 15) is 0 Å². The van der Waals surface area contributed by atoms with E-state index in [0.29, 0.717) is 0 Å². The van der Waals surface area contributed by atoms with E-state index < -0.39 is 0 Å². The third kappa shape index (κ3) is 17.5. The zero-order chi connectivity index (χ0) is 39.9. The topological polar surface area (TPSA) is 100 Å². The molecule has 0 atom stereocenters. The van der Waals surface area contributed by atoms with Gasteiger partial charge in [0.1, 0.15) is 0 Å². The van der Waals surface area contributed by atoms with Crippen LogP contribution in [0.2, 0.25) is 0 Å². The van der Waals surface area contributed by atoms with Crippen LogP contribution < -0.4 is 0 Å². The van der Waals surface area contributed by atoms with Gasteiger partial charge in [-0.15, -0.1) is 5.10 Å². The first-order valence-corrected chi connectivity index (χ1v) is 28.1. The number of benzene rings is 1. The van der Waals surface area contributed by atoms with Crippen molar-refractivity contribution in [2.75, 3.05) is 50.0 Å². The molecule has 298 valence electrons. The Balaban J connectivity index is 0.000000252. The number of thioether (sulfide) groups is 8. The normalized spacial score (nSPS) is 10.7. The molecule has 0 saturated carbocycles. The average Bonchev–Trinajstić information content (AvgIpc) is 3.66. The first-order valence-electron chi connectivity index (χ1n) is 17.0. The molecule has 0 radical (unpaired) electrons. The van der Waals surface area contributed by atoms with Crippen LogP contribution in [0.25, 0.3) is 11.0 Å². The second-order valence-electron chi connectivity index (χ2n) is 11.9. The average molecular weight is 884 g/mol. The van der Waals surface area contributed by atoms with Crippen molar-refractivity contribution in [3.05, 3.63) is 87.0 Å². The van der Waals surface area contributed by atoms with Crippen LogP contribution in [0.1, 0.15) is 56.7 Å². The molecule has 9 nitrogen and oxygen atoms in total. The van der Waals surface area contributed by atoms with Gasteiger partial charge in [0.2, 0.25) is 0 Å². The first kappa shape index (κ1) is 48.9. The van der Waals surface area contributed by atoms with Crippen molar-refractivity contribution in [2.45, 2.75) is 59.9 Å². The highest BCUT2D eigenvalue weighted by Gasteiger charge is 2.10. The van der Waals surface area contributed by atoms with Gasteiger partial charge in [-0.2, -0.15) is 109 Å². The molecule has 0 aliphatic heterocycles. The van der Waals surface area contributed by atoms with E-state index in [1.165, 1.54) is 28.2 Å². The fraction of sp³-hybridized carbons (Fsp3) is 0.541. The lowest BCUT2D eigenvalue weighted by molar-refractivity contribution is 0.645. The van der Waals surface area contributed by atoms with Gasteiger partial charge in [0.05, 0.1) is 56.6 Å². The van der Waals surface area contributed by atoms with E-state index in [-0.39, 0.29) is 0 Å². The number of fused-ring (bicyclic) bond motifs is 1. The summed E-state index contributed by atoms with van der Waals surface area (Å²) in [5.41, 5.74) is 13.9. The molecular formula is C37H57N9S8. The molecule has 0 unspecified atom stereocenters. The number of rotatable bonds is 16. The maximum absolute atomic E-state index is 4.75. The Morgan fingerprint density at radius 2 is 0.907 bits per heavy atom. The summed E-state index contributed by atoms with van der Waals surface area (Å²) in [6.45, 7) is 4.22. The van der Waals surface area contributed by atoms with Crippen molar-refractivity contribution in [3.63, 3.8) is 0 Å². The number of aromatic nitrogens is 9. The molecule has 54 heavy (non-hydrogen) atoms. The number of hydrogen-bond donors (Lipinski definition) is 0. The van der Waals surface area contributed by atoms with E-state index in [1.807, 2.05) is 42.3 Å². The lowest BCUT2D eigenvalue weighted by atomic mass is 10.2. The molecule has 1 aromatic carbocycles. The van der Waals surface area contributed by atoms with Gasteiger partial charge in [0, 0.05) is 60.1 Å². The zero-order valence-electron chi connectivity index (χ0n) is 33.8. The Kier molecular flexibility index (Phi) is 25.6. The number of pyridine rings is 1. The second kappa shape index (κ2) is 28.2. The Bertz CT molecular complexity index is 1750. The molecule has 4 heterocycles. The molecule has 17 heteroatoms. The number of hydrogen-bond acceptors (Lipinski definition) is 15. The van der Waals surface area contributed by atoms with Gasteiger partial charge in [0.25, 0.3) is 0 Å². The molecule has 4 aromatic heterocycles. The third-order valence-electron chi connectivity index (χ3n) is 7.21. The van der Waals surface area contributed by atoms with E-state index in [2.05, 4.69) is 120 Å². The summed E-state index contributed by atoms with van der Waals surface area (Å²) in [6.07, 6.45) is 16.8. The van der Waals surface area contributed by atoms with Crippen LogP contribution in [-0.2, 0) is 60.1 Å². The Morgan fingerprint density at radius 1 is 0.463 bits per heavy atom. The van der Waals surface area contributed by atoms with E-state index in [4.69, 9.17) is 9.97 Å². The molecule has 0 amide bonds. The van der Waals surface area contributed by atoms with Crippen LogP contribution in [0.5, 0.6) is 0 Å². The van der Waals surface area contributed by atoms with Crippen LogP contribution in [0, 0.1) is 13.8 Å². The van der Waals surface area contributed by atoms with Gasteiger partial charge in [0.15, 0.2) is 0 Å². The van der Waals surface area contributed by atoms with E-state index in [0.717, 1.165) is 85.5 Å². The highest BCUT2D eigenvalue weighted by Crippen LogP contribution is 2.21.